The predicted molar refractivity (Wildman–Crippen MR) is 80.5 cm³/mol. The molecule has 1 aromatic rings. The lowest BCUT2D eigenvalue weighted by molar-refractivity contribution is 0.140. The second kappa shape index (κ2) is 7.22. The molecule has 21 heavy (non-hydrogen) atoms. The molecule has 1 aliphatic heterocycles. The maximum Gasteiger partial charge on any atom is 0.0992 e. The van der Waals surface area contributed by atoms with Gasteiger partial charge in [-0.05, 0) is 42.0 Å². The van der Waals surface area contributed by atoms with Crippen LogP contribution in [0.15, 0.2) is 18.2 Å². The summed E-state index contributed by atoms with van der Waals surface area (Å²) >= 11 is 0. The van der Waals surface area contributed by atoms with Crippen molar-refractivity contribution in [3.05, 3.63) is 34.9 Å². The third-order valence-corrected chi connectivity index (χ3v) is 4.19. The fourth-order valence-electron chi connectivity index (χ4n) is 3.01. The van der Waals surface area contributed by atoms with E-state index in [1.165, 1.54) is 0 Å². The van der Waals surface area contributed by atoms with Crippen LogP contribution in [0.2, 0.25) is 0 Å². The fraction of sp³-hybridized carbons (Fsp3) is 0.529. The minimum Gasteiger partial charge on any atom is -0.384 e. The summed E-state index contributed by atoms with van der Waals surface area (Å²) in [5, 5.41) is 18.0. The highest BCUT2D eigenvalue weighted by Crippen LogP contribution is 2.23. The molecular weight excluding hydrogens is 262 g/mol. The zero-order valence-electron chi connectivity index (χ0n) is 12.7. The molecule has 0 N–H and O–H groups in total. The van der Waals surface area contributed by atoms with E-state index in [1.807, 2.05) is 12.1 Å². The zero-order chi connectivity index (χ0) is 15.2. The van der Waals surface area contributed by atoms with Gasteiger partial charge in [-0.1, -0.05) is 6.92 Å². The molecule has 0 amide bonds. The third kappa shape index (κ3) is 4.04. The van der Waals surface area contributed by atoms with Gasteiger partial charge in [-0.2, -0.15) is 10.5 Å². The number of rotatable bonds is 5. The minimum atomic E-state index is 0.566. The van der Waals surface area contributed by atoms with E-state index in [2.05, 4.69) is 24.0 Å². The smallest absolute Gasteiger partial charge is 0.0992 e. The van der Waals surface area contributed by atoms with E-state index in [0.29, 0.717) is 23.0 Å². The molecule has 4 heteroatoms. The molecule has 1 aromatic carbocycles. The average Bonchev–Trinajstić information content (AvgIpc) is 2.85. The summed E-state index contributed by atoms with van der Waals surface area (Å²) in [6, 6.07) is 9.64. The van der Waals surface area contributed by atoms with Crippen molar-refractivity contribution in [2.75, 3.05) is 33.4 Å². The van der Waals surface area contributed by atoms with E-state index in [-0.39, 0.29) is 0 Å². The molecule has 2 atom stereocenters. The van der Waals surface area contributed by atoms with Crippen molar-refractivity contribution in [3.63, 3.8) is 0 Å². The van der Waals surface area contributed by atoms with E-state index in [4.69, 9.17) is 15.3 Å². The van der Waals surface area contributed by atoms with Gasteiger partial charge in [-0.15, -0.1) is 0 Å². The number of benzene rings is 1. The van der Waals surface area contributed by atoms with Crippen LogP contribution in [0.5, 0.6) is 0 Å². The molecule has 1 saturated heterocycles. The summed E-state index contributed by atoms with van der Waals surface area (Å²) in [7, 11) is 1.76. The summed E-state index contributed by atoms with van der Waals surface area (Å²) < 4.78 is 5.27. The van der Waals surface area contributed by atoms with E-state index in [1.54, 1.807) is 13.2 Å². The summed E-state index contributed by atoms with van der Waals surface area (Å²) in [4.78, 5) is 2.44. The normalized spacial score (nSPS) is 21.9. The Hall–Kier alpha value is -1.88. The van der Waals surface area contributed by atoms with Crippen LogP contribution in [-0.4, -0.2) is 38.3 Å². The molecule has 2 unspecified atom stereocenters. The molecule has 0 aromatic heterocycles. The van der Waals surface area contributed by atoms with Gasteiger partial charge in [0.1, 0.15) is 0 Å². The summed E-state index contributed by atoms with van der Waals surface area (Å²) in [5.74, 6) is 1.26. The molecule has 1 fully saturated rings. The molecule has 110 valence electrons. The van der Waals surface area contributed by atoms with Crippen molar-refractivity contribution in [1.29, 1.82) is 10.5 Å². The van der Waals surface area contributed by atoms with Crippen LogP contribution < -0.4 is 0 Å². The Labute approximate surface area is 126 Å². The Balaban J connectivity index is 1.95. The highest BCUT2D eigenvalue weighted by atomic mass is 16.5. The van der Waals surface area contributed by atoms with Gasteiger partial charge in [-0.3, -0.25) is 0 Å². The lowest BCUT2D eigenvalue weighted by Gasteiger charge is -2.15. The number of hydrogen-bond donors (Lipinski definition) is 0. The molecular formula is C17H21N3O. The second-order valence-corrected chi connectivity index (χ2v) is 5.84. The zero-order valence-corrected chi connectivity index (χ0v) is 12.7. The molecule has 4 nitrogen and oxygen atoms in total. The third-order valence-electron chi connectivity index (χ3n) is 4.19. The Morgan fingerprint density at radius 3 is 2.43 bits per heavy atom. The molecule has 0 bridgehead atoms. The van der Waals surface area contributed by atoms with Gasteiger partial charge in [0, 0.05) is 26.7 Å². The summed E-state index contributed by atoms with van der Waals surface area (Å²) in [6.45, 7) is 6.22. The first kappa shape index (κ1) is 15.5. The van der Waals surface area contributed by atoms with Crippen molar-refractivity contribution in [2.24, 2.45) is 11.8 Å². The monoisotopic (exact) mass is 283 g/mol. The van der Waals surface area contributed by atoms with Crippen LogP contribution in [0.1, 0.15) is 23.6 Å². The number of likely N-dealkylation sites (tertiary alicyclic amines) is 1. The average molecular weight is 283 g/mol. The Kier molecular flexibility index (Phi) is 5.33. The highest BCUT2D eigenvalue weighted by molar-refractivity contribution is 5.42. The molecule has 0 saturated carbocycles. The van der Waals surface area contributed by atoms with Crippen LogP contribution in [-0.2, 0) is 11.2 Å². The van der Waals surface area contributed by atoms with Gasteiger partial charge in [0.05, 0.1) is 29.9 Å². The quantitative estimate of drug-likeness (QED) is 0.831. The van der Waals surface area contributed by atoms with Crippen LogP contribution in [0, 0.1) is 34.5 Å². The topological polar surface area (TPSA) is 60.0 Å². The van der Waals surface area contributed by atoms with Crippen LogP contribution >= 0.6 is 0 Å². The standard InChI is InChI=1S/C17H21N3O/c1-13-10-20(11-17(13)12-21-2)4-3-14-5-15(8-18)7-16(6-14)9-19/h5-7,13,17H,3-4,10-12H2,1-2H3. The fourth-order valence-corrected chi connectivity index (χ4v) is 3.01. The largest absolute Gasteiger partial charge is 0.384 e. The summed E-state index contributed by atoms with van der Waals surface area (Å²) in [5.41, 5.74) is 2.20. The molecule has 2 rings (SSSR count). The number of methoxy groups -OCH3 is 1. The lowest BCUT2D eigenvalue weighted by Crippen LogP contribution is -2.24. The van der Waals surface area contributed by atoms with E-state index >= 15 is 0 Å². The Morgan fingerprint density at radius 2 is 1.86 bits per heavy atom. The summed E-state index contributed by atoms with van der Waals surface area (Å²) in [6.07, 6.45) is 0.872. The molecule has 0 spiro atoms. The number of ether oxygens (including phenoxy) is 1. The molecule has 1 heterocycles. The molecule has 1 aliphatic rings. The van der Waals surface area contributed by atoms with Gasteiger partial charge >= 0.3 is 0 Å². The van der Waals surface area contributed by atoms with E-state index in [0.717, 1.165) is 38.2 Å². The Morgan fingerprint density at radius 1 is 1.19 bits per heavy atom. The Bertz CT molecular complexity index is 538. The lowest BCUT2D eigenvalue weighted by atomic mass is 10.00. The second-order valence-electron chi connectivity index (χ2n) is 5.84. The van der Waals surface area contributed by atoms with Crippen molar-refractivity contribution in [1.82, 2.24) is 4.90 Å². The van der Waals surface area contributed by atoms with Crippen molar-refractivity contribution in [3.8, 4) is 12.1 Å². The van der Waals surface area contributed by atoms with Gasteiger partial charge in [0.25, 0.3) is 0 Å². The first-order valence-electron chi connectivity index (χ1n) is 7.31. The van der Waals surface area contributed by atoms with Crippen molar-refractivity contribution in [2.45, 2.75) is 13.3 Å². The van der Waals surface area contributed by atoms with Gasteiger partial charge < -0.3 is 9.64 Å². The van der Waals surface area contributed by atoms with Gasteiger partial charge in [0.15, 0.2) is 0 Å². The van der Waals surface area contributed by atoms with Gasteiger partial charge in [0.2, 0.25) is 0 Å². The first-order valence-corrected chi connectivity index (χ1v) is 7.31. The molecule has 0 radical (unpaired) electrons. The highest BCUT2D eigenvalue weighted by Gasteiger charge is 2.28. The number of hydrogen-bond acceptors (Lipinski definition) is 4. The SMILES string of the molecule is COCC1CN(CCc2cc(C#N)cc(C#N)c2)CC1C. The first-order chi connectivity index (χ1) is 10.2. The van der Waals surface area contributed by atoms with Gasteiger partial charge in [-0.25, -0.2) is 0 Å². The van der Waals surface area contributed by atoms with E-state index < -0.39 is 0 Å². The predicted octanol–water partition coefficient (Wildman–Crippen LogP) is 2.19. The maximum absolute atomic E-state index is 9.01. The van der Waals surface area contributed by atoms with Crippen LogP contribution in [0.3, 0.4) is 0 Å². The number of nitriles is 2. The minimum absolute atomic E-state index is 0.566. The van der Waals surface area contributed by atoms with Crippen molar-refractivity contribution < 1.29 is 4.74 Å². The number of nitrogens with zero attached hydrogens (tertiary/aromatic N) is 3. The maximum atomic E-state index is 9.01. The van der Waals surface area contributed by atoms with Crippen molar-refractivity contribution >= 4 is 0 Å². The van der Waals surface area contributed by atoms with E-state index in [9.17, 15) is 0 Å². The molecule has 0 aliphatic carbocycles. The van der Waals surface area contributed by atoms with Crippen LogP contribution in [0.4, 0.5) is 0 Å². The van der Waals surface area contributed by atoms with Crippen LogP contribution in [0.25, 0.3) is 0 Å².